The number of nitrogen functional groups attached to an aromatic ring is 2. The van der Waals surface area contributed by atoms with E-state index in [2.05, 4.69) is 0 Å². The molecule has 0 radical (unpaired) electrons. The number of anilines is 2. The Morgan fingerprint density at radius 3 is 2.35 bits per heavy atom. The van der Waals surface area contributed by atoms with Gasteiger partial charge < -0.3 is 11.5 Å². The Hall–Kier alpha value is -2.00. The molecular weight excluding hydrogens is 236 g/mol. The minimum absolute atomic E-state index is 0.124. The van der Waals surface area contributed by atoms with E-state index in [1.165, 1.54) is 0 Å². The van der Waals surface area contributed by atoms with Crippen LogP contribution in [0, 0.1) is 0 Å². The molecule has 0 unspecified atom stereocenters. The van der Waals surface area contributed by atoms with E-state index in [1.54, 1.807) is 42.5 Å². The van der Waals surface area contributed by atoms with E-state index >= 15 is 0 Å². The molecule has 3 nitrogen and oxygen atoms in total. The molecule has 4 heteroatoms. The minimum Gasteiger partial charge on any atom is -0.399 e. The van der Waals surface area contributed by atoms with Crippen LogP contribution in [0.5, 0.6) is 0 Å². The third-order valence-electron chi connectivity index (χ3n) is 2.41. The summed E-state index contributed by atoms with van der Waals surface area (Å²) >= 11 is 5.80. The molecule has 4 N–H and O–H groups in total. The lowest BCUT2D eigenvalue weighted by Gasteiger charge is -2.04. The van der Waals surface area contributed by atoms with Crippen molar-refractivity contribution in [3.05, 3.63) is 58.6 Å². The van der Waals surface area contributed by atoms with E-state index in [1.807, 2.05) is 0 Å². The first-order valence-corrected chi connectivity index (χ1v) is 5.41. The molecule has 0 atom stereocenters. The monoisotopic (exact) mass is 246 g/mol. The van der Waals surface area contributed by atoms with Crippen LogP contribution in [0.3, 0.4) is 0 Å². The Balaban J connectivity index is 2.40. The fourth-order valence-corrected chi connectivity index (χ4v) is 1.65. The lowest BCUT2D eigenvalue weighted by molar-refractivity contribution is 0.103. The molecule has 0 heterocycles. The molecule has 0 aliphatic carbocycles. The fourth-order valence-electron chi connectivity index (χ4n) is 1.53. The Morgan fingerprint density at radius 2 is 1.71 bits per heavy atom. The molecule has 0 aliphatic rings. The summed E-state index contributed by atoms with van der Waals surface area (Å²) in [5, 5.41) is 0.439. The van der Waals surface area contributed by atoms with Gasteiger partial charge in [0.25, 0.3) is 0 Å². The van der Waals surface area contributed by atoms with Crippen LogP contribution in [0.15, 0.2) is 42.5 Å². The number of nitrogens with two attached hydrogens (primary N) is 2. The van der Waals surface area contributed by atoms with Crippen molar-refractivity contribution in [2.45, 2.75) is 0 Å². The second-order valence-corrected chi connectivity index (χ2v) is 4.10. The van der Waals surface area contributed by atoms with Gasteiger partial charge in [0.15, 0.2) is 5.78 Å². The smallest absolute Gasteiger partial charge is 0.193 e. The number of benzene rings is 2. The highest BCUT2D eigenvalue weighted by atomic mass is 35.5. The maximum Gasteiger partial charge on any atom is 0.193 e. The first-order chi connectivity index (χ1) is 8.08. The zero-order valence-electron chi connectivity index (χ0n) is 8.98. The van der Waals surface area contributed by atoms with Gasteiger partial charge in [-0.2, -0.15) is 0 Å². The molecule has 86 valence electrons. The lowest BCUT2D eigenvalue weighted by Crippen LogP contribution is -2.03. The van der Waals surface area contributed by atoms with Gasteiger partial charge >= 0.3 is 0 Å². The lowest BCUT2D eigenvalue weighted by atomic mass is 10.0. The summed E-state index contributed by atoms with van der Waals surface area (Å²) in [6, 6.07) is 11.6. The average molecular weight is 247 g/mol. The van der Waals surface area contributed by atoms with Gasteiger partial charge in [0.1, 0.15) is 0 Å². The van der Waals surface area contributed by atoms with Crippen molar-refractivity contribution in [3.63, 3.8) is 0 Å². The number of hydrogen-bond acceptors (Lipinski definition) is 3. The molecule has 0 saturated carbocycles. The highest BCUT2D eigenvalue weighted by Gasteiger charge is 2.10. The standard InChI is InChI=1S/C13H11ClN2O/c14-11-5-4-9(7-12(11)16)13(17)8-2-1-3-10(15)6-8/h1-7H,15-16H2. The Bertz CT molecular complexity index is 581. The molecule has 2 rings (SSSR count). The van der Waals surface area contributed by atoms with Crippen LogP contribution in [0.25, 0.3) is 0 Å². The molecule has 0 spiro atoms. The van der Waals surface area contributed by atoms with Crippen LogP contribution in [0.1, 0.15) is 15.9 Å². The van der Waals surface area contributed by atoms with Crippen molar-refractivity contribution >= 4 is 28.8 Å². The number of rotatable bonds is 2. The Kier molecular flexibility index (Phi) is 3.02. The second kappa shape index (κ2) is 4.47. The first-order valence-electron chi connectivity index (χ1n) is 5.03. The summed E-state index contributed by atoms with van der Waals surface area (Å²) in [4.78, 5) is 12.1. The third-order valence-corrected chi connectivity index (χ3v) is 2.75. The van der Waals surface area contributed by atoms with Gasteiger partial charge in [0.2, 0.25) is 0 Å². The quantitative estimate of drug-likeness (QED) is 0.632. The predicted octanol–water partition coefficient (Wildman–Crippen LogP) is 2.74. The zero-order valence-corrected chi connectivity index (χ0v) is 9.74. The van der Waals surface area contributed by atoms with Gasteiger partial charge in [0.05, 0.1) is 10.7 Å². The van der Waals surface area contributed by atoms with Crippen molar-refractivity contribution < 1.29 is 4.79 Å². The summed E-state index contributed by atoms with van der Waals surface area (Å²) in [5.74, 6) is -0.124. The maximum absolute atomic E-state index is 12.1. The van der Waals surface area contributed by atoms with E-state index in [0.717, 1.165) is 0 Å². The van der Waals surface area contributed by atoms with Gasteiger partial charge in [-0.3, -0.25) is 4.79 Å². The highest BCUT2D eigenvalue weighted by Crippen LogP contribution is 2.21. The number of ketones is 1. The molecule has 2 aromatic carbocycles. The fraction of sp³-hybridized carbons (Fsp3) is 0. The van der Waals surface area contributed by atoms with Crippen molar-refractivity contribution in [3.8, 4) is 0 Å². The molecular formula is C13H11ClN2O. The van der Waals surface area contributed by atoms with Crippen LogP contribution >= 0.6 is 11.6 Å². The summed E-state index contributed by atoms with van der Waals surface area (Å²) in [6.07, 6.45) is 0. The Morgan fingerprint density at radius 1 is 1.00 bits per heavy atom. The molecule has 17 heavy (non-hydrogen) atoms. The van der Waals surface area contributed by atoms with Crippen LogP contribution < -0.4 is 11.5 Å². The summed E-state index contributed by atoms with van der Waals surface area (Å²) in [5.41, 5.74) is 13.3. The van der Waals surface area contributed by atoms with Crippen molar-refractivity contribution in [1.29, 1.82) is 0 Å². The molecule has 2 aromatic rings. The van der Waals surface area contributed by atoms with Crippen molar-refractivity contribution in [2.75, 3.05) is 11.5 Å². The topological polar surface area (TPSA) is 69.1 Å². The average Bonchev–Trinajstić information content (AvgIpc) is 2.32. The molecule has 0 aromatic heterocycles. The number of hydrogen-bond donors (Lipinski definition) is 2. The number of carbonyl (C=O) groups is 1. The van der Waals surface area contributed by atoms with E-state index < -0.39 is 0 Å². The zero-order chi connectivity index (χ0) is 12.4. The van der Waals surface area contributed by atoms with Gasteiger partial charge in [-0.15, -0.1) is 0 Å². The van der Waals surface area contributed by atoms with Crippen LogP contribution in [-0.2, 0) is 0 Å². The predicted molar refractivity (Wildman–Crippen MR) is 70.2 cm³/mol. The van der Waals surface area contributed by atoms with Gasteiger partial charge in [-0.05, 0) is 30.3 Å². The van der Waals surface area contributed by atoms with Gasteiger partial charge in [-0.25, -0.2) is 0 Å². The van der Waals surface area contributed by atoms with Crippen LogP contribution in [0.2, 0.25) is 5.02 Å². The SMILES string of the molecule is Nc1cccc(C(=O)c2ccc(Cl)c(N)c2)c1. The van der Waals surface area contributed by atoms with E-state index in [9.17, 15) is 4.79 Å². The molecule has 0 fully saturated rings. The summed E-state index contributed by atoms with van der Waals surface area (Å²) in [7, 11) is 0. The van der Waals surface area contributed by atoms with Crippen LogP contribution in [0.4, 0.5) is 11.4 Å². The van der Waals surface area contributed by atoms with Crippen molar-refractivity contribution in [2.24, 2.45) is 0 Å². The molecule has 0 saturated heterocycles. The third kappa shape index (κ3) is 2.40. The van der Waals surface area contributed by atoms with Crippen LogP contribution in [-0.4, -0.2) is 5.78 Å². The number of halogens is 1. The first kappa shape index (κ1) is 11.5. The second-order valence-electron chi connectivity index (χ2n) is 3.69. The summed E-state index contributed by atoms with van der Waals surface area (Å²) in [6.45, 7) is 0. The Labute approximate surface area is 104 Å². The normalized spacial score (nSPS) is 10.2. The minimum atomic E-state index is -0.124. The number of carbonyl (C=O) groups excluding carboxylic acids is 1. The van der Waals surface area contributed by atoms with Crippen molar-refractivity contribution in [1.82, 2.24) is 0 Å². The van der Waals surface area contributed by atoms with Gasteiger partial charge in [0, 0.05) is 16.8 Å². The molecule has 0 aliphatic heterocycles. The highest BCUT2D eigenvalue weighted by molar-refractivity contribution is 6.33. The summed E-state index contributed by atoms with van der Waals surface area (Å²) < 4.78 is 0. The van der Waals surface area contributed by atoms with E-state index in [0.29, 0.717) is 27.5 Å². The van der Waals surface area contributed by atoms with E-state index in [-0.39, 0.29) is 5.78 Å². The largest absolute Gasteiger partial charge is 0.399 e. The van der Waals surface area contributed by atoms with Gasteiger partial charge in [-0.1, -0.05) is 23.7 Å². The van der Waals surface area contributed by atoms with E-state index in [4.69, 9.17) is 23.1 Å². The maximum atomic E-state index is 12.1. The molecule has 0 bridgehead atoms. The molecule has 0 amide bonds.